The minimum absolute atomic E-state index is 0.0255. The summed E-state index contributed by atoms with van der Waals surface area (Å²) in [6.07, 6.45) is 1.12. The first-order valence-corrected chi connectivity index (χ1v) is 10.1. The molecule has 0 saturated heterocycles. The Hall–Kier alpha value is -1.00. The first-order valence-electron chi connectivity index (χ1n) is 6.77. The molecule has 0 heterocycles. The van der Waals surface area contributed by atoms with E-state index >= 15 is 0 Å². The lowest BCUT2D eigenvalue weighted by atomic mass is 10.4. The van der Waals surface area contributed by atoms with Gasteiger partial charge in [0, 0.05) is 26.2 Å². The van der Waals surface area contributed by atoms with E-state index in [1.165, 1.54) is 16.4 Å². The molecule has 1 rings (SSSR count). The van der Waals surface area contributed by atoms with Crippen LogP contribution in [0.5, 0.6) is 0 Å². The summed E-state index contributed by atoms with van der Waals surface area (Å²) in [4.78, 5) is 2.03. The van der Waals surface area contributed by atoms with E-state index < -0.39 is 20.0 Å². The Kier molecular flexibility index (Phi) is 6.95. The average Bonchev–Trinajstić information content (AvgIpc) is 2.42. The Morgan fingerprint density at radius 3 is 2.05 bits per heavy atom. The van der Waals surface area contributed by atoms with Crippen LogP contribution in [0.25, 0.3) is 0 Å². The maximum atomic E-state index is 12.0. The lowest BCUT2D eigenvalue weighted by molar-refractivity contribution is 0.336. The number of rotatable bonds is 9. The predicted octanol–water partition coefficient (Wildman–Crippen LogP) is -0.212. The maximum Gasteiger partial charge on any atom is 0.240 e. The van der Waals surface area contributed by atoms with Gasteiger partial charge >= 0.3 is 0 Å². The molecule has 7 nitrogen and oxygen atoms in total. The Bertz CT molecular complexity index is 658. The third-order valence-electron chi connectivity index (χ3n) is 2.97. The Morgan fingerprint density at radius 1 is 0.955 bits per heavy atom. The predicted molar refractivity (Wildman–Crippen MR) is 86.6 cm³/mol. The summed E-state index contributed by atoms with van der Waals surface area (Å²) in [5.41, 5.74) is 0. The smallest absolute Gasteiger partial charge is 0.240 e. The maximum absolute atomic E-state index is 12.0. The highest BCUT2D eigenvalue weighted by Gasteiger charge is 2.18. The van der Waals surface area contributed by atoms with Crippen molar-refractivity contribution in [3.05, 3.63) is 30.3 Å². The van der Waals surface area contributed by atoms with Crippen LogP contribution in [0.1, 0.15) is 0 Å². The molecule has 22 heavy (non-hydrogen) atoms. The van der Waals surface area contributed by atoms with E-state index in [1.807, 2.05) is 19.0 Å². The largest absolute Gasteiger partial charge is 0.308 e. The number of nitrogens with one attached hydrogen (secondary N) is 1. The van der Waals surface area contributed by atoms with E-state index in [0.717, 1.165) is 6.26 Å². The first-order chi connectivity index (χ1) is 10.1. The molecule has 0 fully saturated rings. The number of sulfonamides is 2. The molecule has 0 atom stereocenters. The number of likely N-dealkylation sites (N-methyl/N-ethyl adjacent to an activating group) is 1. The van der Waals surface area contributed by atoms with Gasteiger partial charge in [0.2, 0.25) is 20.0 Å². The van der Waals surface area contributed by atoms with Crippen molar-refractivity contribution >= 4 is 20.0 Å². The van der Waals surface area contributed by atoms with Crippen LogP contribution >= 0.6 is 0 Å². The molecule has 0 amide bonds. The normalized spacial score (nSPS) is 13.0. The molecule has 0 bridgehead atoms. The quantitative estimate of drug-likeness (QED) is 0.666. The zero-order valence-corrected chi connectivity index (χ0v) is 14.7. The van der Waals surface area contributed by atoms with Crippen molar-refractivity contribution in [1.29, 1.82) is 0 Å². The van der Waals surface area contributed by atoms with E-state index in [0.29, 0.717) is 13.1 Å². The topological polar surface area (TPSA) is 86.8 Å². The van der Waals surface area contributed by atoms with Crippen LogP contribution in [0, 0.1) is 0 Å². The second-order valence-corrected chi connectivity index (χ2v) is 8.93. The standard InChI is InChI=1S/C13H23N3O4S2/c1-15(2)11-12-16(21(3,17)18)10-9-14-22(19,20)13-7-5-4-6-8-13/h4-8,14H,9-12H2,1-3H3. The Labute approximate surface area is 133 Å². The summed E-state index contributed by atoms with van der Waals surface area (Å²) in [5, 5.41) is 0. The third kappa shape index (κ3) is 6.41. The zero-order chi connectivity index (χ0) is 16.8. The fraction of sp³-hybridized carbons (Fsp3) is 0.538. The molecule has 0 saturated carbocycles. The SMILES string of the molecule is CN(C)CCN(CCNS(=O)(=O)c1ccccc1)S(C)(=O)=O. The summed E-state index contributed by atoms with van der Waals surface area (Å²) in [6, 6.07) is 7.97. The van der Waals surface area contributed by atoms with Gasteiger partial charge in [-0.3, -0.25) is 0 Å². The molecule has 0 unspecified atom stereocenters. The summed E-state index contributed by atoms with van der Waals surface area (Å²) in [6.45, 7) is 1.01. The van der Waals surface area contributed by atoms with E-state index in [-0.39, 0.29) is 18.0 Å². The third-order valence-corrected chi connectivity index (χ3v) is 5.75. The van der Waals surface area contributed by atoms with Crippen LogP contribution in [0.3, 0.4) is 0 Å². The Morgan fingerprint density at radius 2 is 1.55 bits per heavy atom. The van der Waals surface area contributed by atoms with E-state index in [1.54, 1.807) is 18.2 Å². The van der Waals surface area contributed by atoms with Gasteiger partial charge in [0.1, 0.15) is 0 Å². The molecule has 0 aliphatic rings. The van der Waals surface area contributed by atoms with Gasteiger partial charge in [-0.05, 0) is 26.2 Å². The highest BCUT2D eigenvalue weighted by molar-refractivity contribution is 7.89. The van der Waals surface area contributed by atoms with E-state index in [4.69, 9.17) is 0 Å². The van der Waals surface area contributed by atoms with Crippen LogP contribution in [0.15, 0.2) is 35.2 Å². The average molecular weight is 349 g/mol. The van der Waals surface area contributed by atoms with Crippen LogP contribution in [0.2, 0.25) is 0 Å². The van der Waals surface area contributed by atoms with Crippen molar-refractivity contribution in [3.63, 3.8) is 0 Å². The van der Waals surface area contributed by atoms with Crippen LogP contribution in [-0.2, 0) is 20.0 Å². The fourth-order valence-corrected chi connectivity index (χ4v) is 3.62. The summed E-state index contributed by atoms with van der Waals surface area (Å²) < 4.78 is 51.2. The van der Waals surface area contributed by atoms with Gasteiger partial charge in [0.05, 0.1) is 11.2 Å². The van der Waals surface area contributed by atoms with Crippen LogP contribution < -0.4 is 4.72 Å². The van der Waals surface area contributed by atoms with Gasteiger partial charge < -0.3 is 4.90 Å². The highest BCUT2D eigenvalue weighted by Crippen LogP contribution is 2.07. The molecule has 1 aromatic carbocycles. The first kappa shape index (κ1) is 19.0. The monoisotopic (exact) mass is 349 g/mol. The summed E-state index contributed by atoms with van der Waals surface area (Å²) >= 11 is 0. The van der Waals surface area contributed by atoms with Crippen molar-refractivity contribution < 1.29 is 16.8 Å². The highest BCUT2D eigenvalue weighted by atomic mass is 32.2. The molecule has 0 aromatic heterocycles. The number of hydrogen-bond acceptors (Lipinski definition) is 5. The lowest BCUT2D eigenvalue weighted by Crippen LogP contribution is -2.41. The lowest BCUT2D eigenvalue weighted by Gasteiger charge is -2.22. The second-order valence-electron chi connectivity index (χ2n) is 5.18. The molecule has 0 aliphatic carbocycles. The van der Waals surface area contributed by atoms with Crippen molar-refractivity contribution in [3.8, 4) is 0 Å². The van der Waals surface area contributed by atoms with Crippen LogP contribution in [-0.4, -0.2) is 72.6 Å². The van der Waals surface area contributed by atoms with Gasteiger partial charge in [-0.1, -0.05) is 18.2 Å². The second kappa shape index (κ2) is 8.02. The number of hydrogen-bond donors (Lipinski definition) is 1. The number of benzene rings is 1. The molecule has 0 radical (unpaired) electrons. The van der Waals surface area contributed by atoms with Crippen molar-refractivity contribution in [1.82, 2.24) is 13.9 Å². The van der Waals surface area contributed by atoms with Gasteiger partial charge in [-0.25, -0.2) is 21.6 Å². The Balaban J connectivity index is 2.63. The van der Waals surface area contributed by atoms with Gasteiger partial charge in [-0.2, -0.15) is 4.31 Å². The van der Waals surface area contributed by atoms with Gasteiger partial charge in [0.15, 0.2) is 0 Å². The van der Waals surface area contributed by atoms with Gasteiger partial charge in [-0.15, -0.1) is 0 Å². The molecule has 9 heteroatoms. The molecular weight excluding hydrogens is 326 g/mol. The fourth-order valence-electron chi connectivity index (χ4n) is 1.74. The van der Waals surface area contributed by atoms with Gasteiger partial charge in [0.25, 0.3) is 0 Å². The molecular formula is C13H23N3O4S2. The van der Waals surface area contributed by atoms with E-state index in [9.17, 15) is 16.8 Å². The summed E-state index contributed by atoms with van der Waals surface area (Å²) in [5.74, 6) is 0. The minimum atomic E-state index is -3.61. The van der Waals surface area contributed by atoms with Crippen molar-refractivity contribution in [2.45, 2.75) is 4.90 Å². The molecule has 126 valence electrons. The molecule has 1 aromatic rings. The molecule has 1 N–H and O–H groups in total. The summed E-state index contributed by atoms with van der Waals surface area (Å²) in [7, 11) is -3.29. The van der Waals surface area contributed by atoms with Crippen LogP contribution in [0.4, 0.5) is 0 Å². The number of nitrogens with zero attached hydrogens (tertiary/aromatic N) is 2. The molecule has 0 spiro atoms. The van der Waals surface area contributed by atoms with Crippen molar-refractivity contribution in [2.24, 2.45) is 0 Å². The molecule has 0 aliphatic heterocycles. The minimum Gasteiger partial charge on any atom is -0.308 e. The van der Waals surface area contributed by atoms with E-state index in [2.05, 4.69) is 4.72 Å². The van der Waals surface area contributed by atoms with Crippen molar-refractivity contribution in [2.75, 3.05) is 46.5 Å². The zero-order valence-electron chi connectivity index (χ0n) is 13.1.